The van der Waals surface area contributed by atoms with Crippen LogP contribution in [0, 0.1) is 0 Å². The minimum atomic E-state index is -1.12. The zero-order valence-electron chi connectivity index (χ0n) is 13.3. The van der Waals surface area contributed by atoms with Crippen LogP contribution in [0.4, 0.5) is 5.69 Å². The molecule has 1 aliphatic rings. The zero-order valence-corrected chi connectivity index (χ0v) is 14.1. The van der Waals surface area contributed by atoms with E-state index in [1.54, 1.807) is 6.07 Å². The van der Waals surface area contributed by atoms with Crippen LogP contribution in [0.1, 0.15) is 21.5 Å². The summed E-state index contributed by atoms with van der Waals surface area (Å²) in [5, 5.41) is 3.24. The van der Waals surface area contributed by atoms with Gasteiger partial charge in [0.05, 0.1) is 5.56 Å². The van der Waals surface area contributed by atoms with Gasteiger partial charge in [0.15, 0.2) is 0 Å². The largest absolute Gasteiger partial charge is 0.438 e. The van der Waals surface area contributed by atoms with E-state index in [4.69, 9.17) is 17.0 Å². The van der Waals surface area contributed by atoms with Crippen molar-refractivity contribution in [2.45, 2.75) is 5.60 Å². The van der Waals surface area contributed by atoms with Crippen LogP contribution in [0.5, 0.6) is 0 Å². The van der Waals surface area contributed by atoms with Gasteiger partial charge >= 0.3 is 5.97 Å². The molecule has 122 valence electrons. The van der Waals surface area contributed by atoms with Crippen LogP contribution in [0.2, 0.25) is 0 Å². The molecular formula is C21H15NO2S. The van der Waals surface area contributed by atoms with Crippen LogP contribution >= 0.6 is 12.2 Å². The predicted octanol–water partition coefficient (Wildman–Crippen LogP) is 4.54. The number of ether oxygens (including phenoxy) is 1. The maximum Gasteiger partial charge on any atom is 0.340 e. The number of para-hydroxylation sites is 1. The van der Waals surface area contributed by atoms with Crippen LogP contribution in [0.15, 0.2) is 84.9 Å². The molecule has 0 amide bonds. The maximum absolute atomic E-state index is 12.5. The monoisotopic (exact) mass is 345 g/mol. The Bertz CT molecular complexity index is 940. The van der Waals surface area contributed by atoms with E-state index in [9.17, 15) is 4.79 Å². The molecule has 0 saturated carbocycles. The molecule has 1 atom stereocenters. The molecule has 0 bridgehead atoms. The van der Waals surface area contributed by atoms with E-state index in [0.717, 1.165) is 16.8 Å². The predicted molar refractivity (Wildman–Crippen MR) is 102 cm³/mol. The van der Waals surface area contributed by atoms with Gasteiger partial charge in [0.1, 0.15) is 4.99 Å². The molecular weight excluding hydrogens is 330 g/mol. The third-order valence-electron chi connectivity index (χ3n) is 4.30. The van der Waals surface area contributed by atoms with Crippen molar-refractivity contribution < 1.29 is 9.53 Å². The number of esters is 1. The molecule has 3 aromatic rings. The molecule has 0 fully saturated rings. The number of rotatable bonds is 3. The van der Waals surface area contributed by atoms with Crippen molar-refractivity contribution >= 4 is 28.9 Å². The second kappa shape index (κ2) is 6.15. The molecule has 4 heteroatoms. The molecule has 1 heterocycles. The second-order valence-electron chi connectivity index (χ2n) is 5.80. The van der Waals surface area contributed by atoms with Gasteiger partial charge in [-0.05, 0) is 18.2 Å². The average Bonchev–Trinajstić information content (AvgIpc) is 2.97. The lowest BCUT2D eigenvalue weighted by atomic mass is 9.85. The summed E-state index contributed by atoms with van der Waals surface area (Å²) in [4.78, 5) is 12.9. The van der Waals surface area contributed by atoms with Crippen molar-refractivity contribution in [2.75, 3.05) is 5.32 Å². The Morgan fingerprint density at radius 2 is 1.44 bits per heavy atom. The van der Waals surface area contributed by atoms with Gasteiger partial charge in [-0.1, -0.05) is 78.9 Å². The van der Waals surface area contributed by atoms with Crippen LogP contribution in [0.25, 0.3) is 0 Å². The van der Waals surface area contributed by atoms with E-state index < -0.39 is 5.60 Å². The topological polar surface area (TPSA) is 38.3 Å². The summed E-state index contributed by atoms with van der Waals surface area (Å²) in [6, 6.07) is 26.6. The molecule has 0 radical (unpaired) electrons. The van der Waals surface area contributed by atoms with E-state index in [1.165, 1.54) is 0 Å². The molecule has 3 nitrogen and oxygen atoms in total. The summed E-state index contributed by atoms with van der Waals surface area (Å²) in [5.41, 5.74) is 1.85. The molecule has 0 aromatic heterocycles. The first-order chi connectivity index (χ1) is 12.2. The van der Waals surface area contributed by atoms with Crippen molar-refractivity contribution in [3.05, 3.63) is 102 Å². The number of cyclic esters (lactones) is 1. The Morgan fingerprint density at radius 3 is 2.16 bits per heavy atom. The number of anilines is 1. The van der Waals surface area contributed by atoms with Crippen molar-refractivity contribution in [1.29, 1.82) is 0 Å². The molecule has 0 aliphatic carbocycles. The Labute approximate surface area is 151 Å². The van der Waals surface area contributed by atoms with Gasteiger partial charge < -0.3 is 10.1 Å². The first kappa shape index (κ1) is 15.5. The molecule has 3 aromatic carbocycles. The van der Waals surface area contributed by atoms with Crippen molar-refractivity contribution in [3.63, 3.8) is 0 Å². The SMILES string of the molecule is O=C1OC(C(=S)Nc2ccccc2)(c2ccccc2)c2ccccc21. The molecule has 1 aliphatic heterocycles. The molecule has 0 spiro atoms. The average molecular weight is 345 g/mol. The lowest BCUT2D eigenvalue weighted by Crippen LogP contribution is -2.40. The fraction of sp³-hybridized carbons (Fsp3) is 0.0476. The lowest BCUT2D eigenvalue weighted by molar-refractivity contribution is 0.0334. The van der Waals surface area contributed by atoms with E-state index in [-0.39, 0.29) is 5.97 Å². The highest BCUT2D eigenvalue weighted by Crippen LogP contribution is 2.43. The third-order valence-corrected chi connectivity index (χ3v) is 4.69. The third kappa shape index (κ3) is 2.51. The lowest BCUT2D eigenvalue weighted by Gasteiger charge is -2.30. The molecule has 1 unspecified atom stereocenters. The number of thiocarbonyl (C=S) groups is 1. The molecule has 1 N–H and O–H groups in total. The summed E-state index contributed by atoms with van der Waals surface area (Å²) in [6.45, 7) is 0. The summed E-state index contributed by atoms with van der Waals surface area (Å²) in [6.07, 6.45) is 0. The Hall–Kier alpha value is -2.98. The summed E-state index contributed by atoms with van der Waals surface area (Å²) < 4.78 is 5.90. The second-order valence-corrected chi connectivity index (χ2v) is 6.21. The summed E-state index contributed by atoms with van der Waals surface area (Å²) in [5.74, 6) is -0.364. The molecule has 25 heavy (non-hydrogen) atoms. The van der Waals surface area contributed by atoms with Gasteiger partial charge in [-0.2, -0.15) is 0 Å². The first-order valence-electron chi connectivity index (χ1n) is 7.97. The minimum absolute atomic E-state index is 0.364. The van der Waals surface area contributed by atoms with Crippen LogP contribution in [-0.2, 0) is 10.3 Å². The van der Waals surface area contributed by atoms with Crippen molar-refractivity contribution in [3.8, 4) is 0 Å². The zero-order chi connectivity index (χ0) is 17.3. The van der Waals surface area contributed by atoms with E-state index >= 15 is 0 Å². The van der Waals surface area contributed by atoms with Crippen LogP contribution in [0.3, 0.4) is 0 Å². The summed E-state index contributed by atoms with van der Waals surface area (Å²) in [7, 11) is 0. The minimum Gasteiger partial charge on any atom is -0.438 e. The van der Waals surface area contributed by atoms with Crippen LogP contribution < -0.4 is 5.32 Å². The summed E-state index contributed by atoms with van der Waals surface area (Å²) >= 11 is 5.73. The smallest absolute Gasteiger partial charge is 0.340 e. The van der Waals surface area contributed by atoms with Gasteiger partial charge in [0, 0.05) is 16.8 Å². The van der Waals surface area contributed by atoms with Gasteiger partial charge in [-0.15, -0.1) is 0 Å². The highest BCUT2D eigenvalue weighted by molar-refractivity contribution is 7.80. The Morgan fingerprint density at radius 1 is 0.840 bits per heavy atom. The van der Waals surface area contributed by atoms with E-state index in [1.807, 2.05) is 78.9 Å². The standard InChI is InChI=1S/C21H15NO2S/c23-19-17-13-7-8-14-18(17)21(24-19,15-9-3-1-4-10-15)20(25)22-16-11-5-2-6-12-16/h1-14H,(H,22,25). The Balaban J connectivity index is 1.87. The number of nitrogens with one attached hydrogen (secondary N) is 1. The fourth-order valence-corrected chi connectivity index (χ4v) is 3.53. The highest BCUT2D eigenvalue weighted by Gasteiger charge is 2.50. The number of carbonyl (C=O) groups excluding carboxylic acids is 1. The van der Waals surface area contributed by atoms with Gasteiger partial charge in [0.2, 0.25) is 5.60 Å². The fourth-order valence-electron chi connectivity index (χ4n) is 3.14. The molecule has 0 saturated heterocycles. The van der Waals surface area contributed by atoms with Gasteiger partial charge in [0.25, 0.3) is 0 Å². The van der Waals surface area contributed by atoms with Crippen LogP contribution in [-0.4, -0.2) is 11.0 Å². The van der Waals surface area contributed by atoms with Crippen molar-refractivity contribution in [1.82, 2.24) is 0 Å². The van der Waals surface area contributed by atoms with E-state index in [2.05, 4.69) is 5.32 Å². The normalized spacial score (nSPS) is 18.3. The quantitative estimate of drug-likeness (QED) is 0.559. The highest BCUT2D eigenvalue weighted by atomic mass is 32.1. The number of fused-ring (bicyclic) bond motifs is 1. The van der Waals surface area contributed by atoms with E-state index in [0.29, 0.717) is 10.6 Å². The van der Waals surface area contributed by atoms with Crippen molar-refractivity contribution in [2.24, 2.45) is 0 Å². The van der Waals surface area contributed by atoms with Gasteiger partial charge in [-0.3, -0.25) is 0 Å². The molecule has 4 rings (SSSR count). The first-order valence-corrected chi connectivity index (χ1v) is 8.37. The number of benzene rings is 3. The maximum atomic E-state index is 12.5. The number of carbonyl (C=O) groups is 1. The van der Waals surface area contributed by atoms with Gasteiger partial charge in [-0.25, -0.2) is 4.79 Å². The Kier molecular flexibility index (Phi) is 3.82. The number of hydrogen-bond donors (Lipinski definition) is 1. The number of hydrogen-bond acceptors (Lipinski definition) is 3.